The summed E-state index contributed by atoms with van der Waals surface area (Å²) in [5, 5.41) is 16.0. The fourth-order valence-electron chi connectivity index (χ4n) is 5.50. The fourth-order valence-corrected chi connectivity index (χ4v) is 5.50. The molecule has 182 valence electrons. The summed E-state index contributed by atoms with van der Waals surface area (Å²) in [4.78, 5) is 26.5. The molecule has 2 aliphatic rings. The molecule has 2 aliphatic carbocycles. The van der Waals surface area contributed by atoms with Gasteiger partial charge in [-0.05, 0) is 35.1 Å². The van der Waals surface area contributed by atoms with Crippen LogP contribution in [0.25, 0.3) is 11.1 Å². The predicted molar refractivity (Wildman–Crippen MR) is 135 cm³/mol. The Morgan fingerprint density at radius 1 is 0.765 bits per heavy atom. The third kappa shape index (κ3) is 5.87. The van der Waals surface area contributed by atoms with Gasteiger partial charge in [-0.1, -0.05) is 106 Å². The monoisotopic (exact) mass is 462 g/mol. The van der Waals surface area contributed by atoms with Gasteiger partial charge in [0.1, 0.15) is 6.04 Å². The van der Waals surface area contributed by atoms with E-state index in [0.29, 0.717) is 0 Å². The topological polar surface area (TPSA) is 78.4 Å². The third-order valence-corrected chi connectivity index (χ3v) is 7.36. The van der Waals surface area contributed by atoms with Crippen LogP contribution >= 0.6 is 0 Å². The summed E-state index contributed by atoms with van der Waals surface area (Å²) in [6.07, 6.45) is 13.0. The van der Waals surface area contributed by atoms with E-state index in [-0.39, 0.29) is 17.9 Å². The lowest BCUT2D eigenvalue weighted by atomic mass is 9.95. The molecule has 0 heterocycles. The number of carbonyl (C=O) groups is 2. The van der Waals surface area contributed by atoms with Crippen molar-refractivity contribution < 1.29 is 14.7 Å². The third-order valence-electron chi connectivity index (χ3n) is 7.36. The maximum absolute atomic E-state index is 13.4. The molecule has 1 saturated carbocycles. The molecule has 0 spiro atoms. The number of nitrogens with one attached hydrogen (secondary N) is 2. The van der Waals surface area contributed by atoms with E-state index in [0.717, 1.165) is 47.9 Å². The van der Waals surface area contributed by atoms with Gasteiger partial charge in [0, 0.05) is 6.04 Å². The van der Waals surface area contributed by atoms with Crippen molar-refractivity contribution in [2.75, 3.05) is 6.61 Å². The second-order valence-electron chi connectivity index (χ2n) is 9.82. The van der Waals surface area contributed by atoms with E-state index in [1.54, 1.807) is 0 Å². The molecule has 0 aromatic heterocycles. The van der Waals surface area contributed by atoms with Crippen LogP contribution in [0.1, 0.15) is 87.7 Å². The normalized spacial score (nSPS) is 18.6. The Balaban J connectivity index is 1.41. The highest BCUT2D eigenvalue weighted by atomic mass is 16.3. The van der Waals surface area contributed by atoms with E-state index in [1.807, 2.05) is 48.5 Å². The predicted octanol–water partition coefficient (Wildman–Crippen LogP) is 5.07. The van der Waals surface area contributed by atoms with E-state index in [1.165, 1.54) is 44.9 Å². The zero-order valence-corrected chi connectivity index (χ0v) is 20.1. The Kier molecular flexibility index (Phi) is 8.75. The largest absolute Gasteiger partial charge is 0.394 e. The molecule has 0 saturated heterocycles. The number of carbonyl (C=O) groups excluding carboxylic acids is 2. The molecule has 4 rings (SSSR count). The summed E-state index contributed by atoms with van der Waals surface area (Å²) in [5.41, 5.74) is 3.99. The van der Waals surface area contributed by atoms with Crippen LogP contribution in [-0.2, 0) is 9.59 Å². The lowest BCUT2D eigenvalue weighted by Gasteiger charge is -2.24. The van der Waals surface area contributed by atoms with Crippen LogP contribution in [0.15, 0.2) is 48.5 Å². The standard InChI is InChI=1S/C29H38N2O3/c32-20-26(28(33)30-21-14-8-6-4-2-1-3-5-7-9-15-21)31-29(34)27-24-18-12-10-16-22(24)23-17-11-13-19-25(23)27/h10-13,16-19,21,26-27,32H,1-9,14-15,20H2,(H,30,33)(H,31,34). The van der Waals surface area contributed by atoms with Gasteiger partial charge >= 0.3 is 0 Å². The van der Waals surface area contributed by atoms with Gasteiger partial charge in [-0.3, -0.25) is 9.59 Å². The smallest absolute Gasteiger partial charge is 0.245 e. The molecule has 3 N–H and O–H groups in total. The molecule has 1 fully saturated rings. The van der Waals surface area contributed by atoms with Crippen LogP contribution in [0, 0.1) is 0 Å². The number of hydrogen-bond acceptors (Lipinski definition) is 3. The Morgan fingerprint density at radius 3 is 1.74 bits per heavy atom. The van der Waals surface area contributed by atoms with Crippen molar-refractivity contribution in [3.05, 3.63) is 59.7 Å². The maximum Gasteiger partial charge on any atom is 0.245 e. The summed E-state index contributed by atoms with van der Waals surface area (Å²) in [6.45, 7) is -0.416. The summed E-state index contributed by atoms with van der Waals surface area (Å²) in [6, 6.07) is 15.0. The number of fused-ring (bicyclic) bond motifs is 3. The highest BCUT2D eigenvalue weighted by Gasteiger charge is 2.35. The first-order valence-electron chi connectivity index (χ1n) is 13.1. The molecule has 1 atom stereocenters. The lowest BCUT2D eigenvalue weighted by molar-refractivity contribution is -0.130. The van der Waals surface area contributed by atoms with Crippen LogP contribution in [0.5, 0.6) is 0 Å². The van der Waals surface area contributed by atoms with Gasteiger partial charge < -0.3 is 15.7 Å². The summed E-state index contributed by atoms with van der Waals surface area (Å²) in [7, 11) is 0. The van der Waals surface area contributed by atoms with E-state index in [9.17, 15) is 14.7 Å². The zero-order valence-electron chi connectivity index (χ0n) is 20.1. The van der Waals surface area contributed by atoms with Crippen LogP contribution in [0.4, 0.5) is 0 Å². The first-order valence-corrected chi connectivity index (χ1v) is 13.1. The van der Waals surface area contributed by atoms with Crippen LogP contribution in [0.2, 0.25) is 0 Å². The van der Waals surface area contributed by atoms with E-state index in [2.05, 4.69) is 10.6 Å². The molecule has 0 bridgehead atoms. The van der Waals surface area contributed by atoms with Gasteiger partial charge in [-0.25, -0.2) is 0 Å². The van der Waals surface area contributed by atoms with Crippen LogP contribution in [0.3, 0.4) is 0 Å². The van der Waals surface area contributed by atoms with Crippen molar-refractivity contribution in [1.82, 2.24) is 10.6 Å². The number of aliphatic hydroxyl groups excluding tert-OH is 1. The number of rotatable bonds is 5. The number of amides is 2. The molecule has 1 unspecified atom stereocenters. The second-order valence-corrected chi connectivity index (χ2v) is 9.82. The Hall–Kier alpha value is -2.66. The first-order chi connectivity index (χ1) is 16.7. The molecule has 5 heteroatoms. The molecule has 0 radical (unpaired) electrons. The summed E-state index contributed by atoms with van der Waals surface area (Å²) >= 11 is 0. The summed E-state index contributed by atoms with van der Waals surface area (Å²) < 4.78 is 0. The van der Waals surface area contributed by atoms with Gasteiger partial charge in [-0.2, -0.15) is 0 Å². The average Bonchev–Trinajstić information content (AvgIpc) is 3.18. The van der Waals surface area contributed by atoms with Gasteiger partial charge in [0.15, 0.2) is 0 Å². The highest BCUT2D eigenvalue weighted by Crippen LogP contribution is 2.44. The van der Waals surface area contributed by atoms with Gasteiger partial charge in [0.25, 0.3) is 0 Å². The van der Waals surface area contributed by atoms with Gasteiger partial charge in [0.2, 0.25) is 11.8 Å². The molecule has 2 aromatic rings. The Morgan fingerprint density at radius 2 is 1.24 bits per heavy atom. The molecule has 5 nitrogen and oxygen atoms in total. The highest BCUT2D eigenvalue weighted by molar-refractivity contribution is 5.98. The van der Waals surface area contributed by atoms with Gasteiger partial charge in [-0.15, -0.1) is 0 Å². The lowest BCUT2D eigenvalue weighted by Crippen LogP contribution is -2.52. The van der Waals surface area contributed by atoms with Crippen LogP contribution < -0.4 is 10.6 Å². The molecule has 2 aromatic carbocycles. The maximum atomic E-state index is 13.4. The van der Waals surface area contributed by atoms with E-state index >= 15 is 0 Å². The number of aliphatic hydroxyl groups is 1. The van der Waals surface area contributed by atoms with Crippen molar-refractivity contribution >= 4 is 11.8 Å². The van der Waals surface area contributed by atoms with Crippen molar-refractivity contribution in [2.45, 2.75) is 88.6 Å². The molecule has 0 aliphatic heterocycles. The SMILES string of the molecule is O=C(NC1CCCCCCCCCCC1)C(CO)NC(=O)C1c2ccccc2-c2ccccc21. The minimum Gasteiger partial charge on any atom is -0.394 e. The number of hydrogen-bond donors (Lipinski definition) is 3. The Bertz CT molecular complexity index is 916. The Labute approximate surface area is 203 Å². The molecular weight excluding hydrogens is 424 g/mol. The molecular formula is C29H38N2O3. The van der Waals surface area contributed by atoms with Gasteiger partial charge in [0.05, 0.1) is 12.5 Å². The summed E-state index contributed by atoms with van der Waals surface area (Å²) in [5.74, 6) is -1.01. The van der Waals surface area contributed by atoms with Crippen molar-refractivity contribution in [2.24, 2.45) is 0 Å². The van der Waals surface area contributed by atoms with E-state index in [4.69, 9.17) is 0 Å². The van der Waals surface area contributed by atoms with Crippen molar-refractivity contribution in [1.29, 1.82) is 0 Å². The van der Waals surface area contributed by atoms with Crippen LogP contribution in [-0.4, -0.2) is 35.6 Å². The minimum atomic E-state index is -0.950. The van der Waals surface area contributed by atoms with Crippen molar-refractivity contribution in [3.63, 3.8) is 0 Å². The first kappa shape index (κ1) is 24.5. The second kappa shape index (κ2) is 12.2. The molecule has 34 heavy (non-hydrogen) atoms. The minimum absolute atomic E-state index is 0.103. The number of benzene rings is 2. The van der Waals surface area contributed by atoms with Crippen molar-refractivity contribution in [3.8, 4) is 11.1 Å². The quantitative estimate of drug-likeness (QED) is 0.581. The van der Waals surface area contributed by atoms with E-state index < -0.39 is 18.6 Å². The fraction of sp³-hybridized carbons (Fsp3) is 0.517. The average molecular weight is 463 g/mol. The molecule has 2 amide bonds. The zero-order chi connectivity index (χ0) is 23.8.